The number of nitrogens with two attached hydrogens (primary N) is 1. The van der Waals surface area contributed by atoms with Crippen molar-refractivity contribution in [2.45, 2.75) is 45.8 Å². The lowest BCUT2D eigenvalue weighted by atomic mass is 10.1. The highest BCUT2D eigenvalue weighted by Crippen LogP contribution is 2.23. The summed E-state index contributed by atoms with van der Waals surface area (Å²) in [4.78, 5) is 17.7. The van der Waals surface area contributed by atoms with Gasteiger partial charge in [-0.2, -0.15) is 5.10 Å². The summed E-state index contributed by atoms with van der Waals surface area (Å²) in [6, 6.07) is 8.30. The third-order valence-electron chi connectivity index (χ3n) is 4.51. The summed E-state index contributed by atoms with van der Waals surface area (Å²) >= 11 is 0. The highest BCUT2D eigenvalue weighted by molar-refractivity contribution is 5.75. The van der Waals surface area contributed by atoms with Gasteiger partial charge in [0, 0.05) is 12.6 Å². The van der Waals surface area contributed by atoms with E-state index in [0.717, 1.165) is 37.7 Å². The molecule has 7 nitrogen and oxygen atoms in total. The second-order valence-electron chi connectivity index (χ2n) is 6.56. The molecule has 2 heterocycles. The first-order chi connectivity index (χ1) is 12.0. The molecule has 1 amide bonds. The van der Waals surface area contributed by atoms with Gasteiger partial charge in [-0.3, -0.25) is 9.69 Å². The van der Waals surface area contributed by atoms with Crippen molar-refractivity contribution in [3.8, 4) is 5.75 Å². The largest absolute Gasteiger partial charge is 0.484 e. The molecule has 2 aromatic rings. The number of hydrogen-bond acceptors (Lipinski definition) is 5. The summed E-state index contributed by atoms with van der Waals surface area (Å²) in [6.07, 6.45) is 2.35. The van der Waals surface area contributed by atoms with Crippen molar-refractivity contribution in [2.75, 3.05) is 13.2 Å². The van der Waals surface area contributed by atoms with Crippen LogP contribution in [0.25, 0.3) is 0 Å². The van der Waals surface area contributed by atoms with E-state index in [1.807, 2.05) is 36.7 Å². The van der Waals surface area contributed by atoms with Gasteiger partial charge in [-0.25, -0.2) is 9.67 Å². The summed E-state index contributed by atoms with van der Waals surface area (Å²) < 4.78 is 7.40. The first-order valence-corrected chi connectivity index (χ1v) is 8.63. The molecule has 2 N–H and O–H groups in total. The second-order valence-corrected chi connectivity index (χ2v) is 6.56. The molecule has 7 heteroatoms. The van der Waals surface area contributed by atoms with E-state index in [-0.39, 0.29) is 6.61 Å². The van der Waals surface area contributed by atoms with Crippen LogP contribution in [-0.2, 0) is 17.9 Å². The molecule has 0 unspecified atom stereocenters. The van der Waals surface area contributed by atoms with Crippen LogP contribution in [0.5, 0.6) is 5.75 Å². The van der Waals surface area contributed by atoms with E-state index in [1.165, 1.54) is 12.0 Å². The number of amides is 1. The lowest BCUT2D eigenvalue weighted by Gasteiger charge is -2.25. The molecule has 0 spiro atoms. The Hall–Kier alpha value is -2.41. The zero-order valence-corrected chi connectivity index (χ0v) is 14.8. The number of rotatable bonds is 7. The molecule has 0 aliphatic carbocycles. The Bertz CT molecular complexity index is 743. The molecule has 1 aliphatic rings. The number of nitrogens with zero attached hydrogens (tertiary/aromatic N) is 4. The Kier molecular flexibility index (Phi) is 5.33. The first kappa shape index (κ1) is 17.4. The number of benzene rings is 1. The van der Waals surface area contributed by atoms with Crippen LogP contribution < -0.4 is 10.5 Å². The predicted molar refractivity (Wildman–Crippen MR) is 94.1 cm³/mol. The third kappa shape index (κ3) is 4.57. The third-order valence-corrected chi connectivity index (χ3v) is 4.51. The van der Waals surface area contributed by atoms with Gasteiger partial charge in [0.2, 0.25) is 0 Å². The zero-order chi connectivity index (χ0) is 17.8. The molecule has 1 aliphatic heterocycles. The maximum absolute atomic E-state index is 10.9. The van der Waals surface area contributed by atoms with Crippen LogP contribution >= 0.6 is 0 Å². The van der Waals surface area contributed by atoms with Gasteiger partial charge in [0.05, 0.1) is 6.54 Å². The quantitative estimate of drug-likeness (QED) is 0.822. The van der Waals surface area contributed by atoms with Gasteiger partial charge in [-0.1, -0.05) is 12.1 Å². The summed E-state index contributed by atoms with van der Waals surface area (Å²) in [6.45, 7) is 6.62. The number of aryl methyl sites for hydroxylation is 2. The van der Waals surface area contributed by atoms with E-state index in [9.17, 15) is 4.79 Å². The van der Waals surface area contributed by atoms with Crippen LogP contribution in [0.15, 0.2) is 24.3 Å². The average Bonchev–Trinajstić information content (AvgIpc) is 3.12. The molecule has 1 fully saturated rings. The molecule has 1 aromatic carbocycles. The normalized spacial score (nSPS) is 17.8. The SMILES string of the molecule is Cc1nc(C)n(C[C@@H]2CCCN2Cc2cccc(OCC(N)=O)c2)n1. The second kappa shape index (κ2) is 7.65. The van der Waals surface area contributed by atoms with Crippen LogP contribution in [0.1, 0.15) is 30.1 Å². The van der Waals surface area contributed by atoms with Crippen LogP contribution in [0.3, 0.4) is 0 Å². The molecule has 1 aromatic heterocycles. The van der Waals surface area contributed by atoms with Gasteiger partial charge in [0.1, 0.15) is 17.4 Å². The predicted octanol–water partition coefficient (Wildman–Crippen LogP) is 1.42. The van der Waals surface area contributed by atoms with Crippen molar-refractivity contribution in [1.29, 1.82) is 0 Å². The number of primary amides is 1. The fraction of sp³-hybridized carbons (Fsp3) is 0.500. The van der Waals surface area contributed by atoms with Crippen molar-refractivity contribution < 1.29 is 9.53 Å². The molecule has 1 atom stereocenters. The molecule has 25 heavy (non-hydrogen) atoms. The fourth-order valence-corrected chi connectivity index (χ4v) is 3.37. The summed E-state index contributed by atoms with van der Waals surface area (Å²) in [5.41, 5.74) is 6.30. The minimum Gasteiger partial charge on any atom is -0.484 e. The van der Waals surface area contributed by atoms with E-state index < -0.39 is 5.91 Å². The number of aromatic nitrogens is 3. The molecule has 0 bridgehead atoms. The molecule has 3 rings (SSSR count). The first-order valence-electron chi connectivity index (χ1n) is 8.63. The highest BCUT2D eigenvalue weighted by atomic mass is 16.5. The zero-order valence-electron chi connectivity index (χ0n) is 14.8. The monoisotopic (exact) mass is 343 g/mol. The maximum atomic E-state index is 10.9. The van der Waals surface area contributed by atoms with Gasteiger partial charge >= 0.3 is 0 Å². The lowest BCUT2D eigenvalue weighted by molar-refractivity contribution is -0.119. The smallest absolute Gasteiger partial charge is 0.255 e. The number of carbonyl (C=O) groups is 1. The minimum absolute atomic E-state index is 0.0965. The van der Waals surface area contributed by atoms with Crippen molar-refractivity contribution >= 4 is 5.91 Å². The van der Waals surface area contributed by atoms with E-state index >= 15 is 0 Å². The van der Waals surface area contributed by atoms with Gasteiger partial charge in [0.25, 0.3) is 5.91 Å². The van der Waals surface area contributed by atoms with Crippen LogP contribution in [0, 0.1) is 13.8 Å². The van der Waals surface area contributed by atoms with Crippen molar-refractivity contribution in [3.63, 3.8) is 0 Å². The standard InChI is InChI=1S/C18H25N5O2/c1-13-20-14(2)23(21-13)11-16-6-4-8-22(16)10-15-5-3-7-17(9-15)25-12-18(19)24/h3,5,7,9,16H,4,6,8,10-12H2,1-2H3,(H2,19,24)/t16-/m0/s1. The molecular weight excluding hydrogens is 318 g/mol. The maximum Gasteiger partial charge on any atom is 0.255 e. The number of ether oxygens (including phenoxy) is 1. The minimum atomic E-state index is -0.469. The molecule has 0 radical (unpaired) electrons. The van der Waals surface area contributed by atoms with Crippen molar-refractivity contribution in [1.82, 2.24) is 19.7 Å². The lowest BCUT2D eigenvalue weighted by Crippen LogP contribution is -2.33. The van der Waals surface area contributed by atoms with Gasteiger partial charge < -0.3 is 10.5 Å². The van der Waals surface area contributed by atoms with Crippen LogP contribution in [0.4, 0.5) is 0 Å². The Morgan fingerprint density at radius 1 is 1.40 bits per heavy atom. The average molecular weight is 343 g/mol. The van der Waals surface area contributed by atoms with Crippen LogP contribution in [0.2, 0.25) is 0 Å². The van der Waals surface area contributed by atoms with Crippen molar-refractivity contribution in [2.24, 2.45) is 5.73 Å². The Morgan fingerprint density at radius 2 is 2.24 bits per heavy atom. The van der Waals surface area contributed by atoms with E-state index in [4.69, 9.17) is 10.5 Å². The summed E-state index contributed by atoms with van der Waals surface area (Å²) in [5, 5.41) is 4.49. The number of carbonyl (C=O) groups excluding carboxylic acids is 1. The molecule has 1 saturated heterocycles. The van der Waals surface area contributed by atoms with Gasteiger partial charge in [0.15, 0.2) is 6.61 Å². The van der Waals surface area contributed by atoms with E-state index in [1.54, 1.807) is 0 Å². The summed E-state index contributed by atoms with van der Waals surface area (Å²) in [5.74, 6) is 1.99. The Labute approximate surface area is 147 Å². The number of hydrogen-bond donors (Lipinski definition) is 1. The summed E-state index contributed by atoms with van der Waals surface area (Å²) in [7, 11) is 0. The number of likely N-dealkylation sites (tertiary alicyclic amines) is 1. The fourth-order valence-electron chi connectivity index (χ4n) is 3.37. The topological polar surface area (TPSA) is 86.3 Å². The Morgan fingerprint density at radius 3 is 2.96 bits per heavy atom. The van der Waals surface area contributed by atoms with Gasteiger partial charge in [-0.15, -0.1) is 0 Å². The van der Waals surface area contributed by atoms with Crippen LogP contribution in [-0.4, -0.2) is 44.8 Å². The van der Waals surface area contributed by atoms with Crippen molar-refractivity contribution in [3.05, 3.63) is 41.5 Å². The van der Waals surface area contributed by atoms with E-state index in [0.29, 0.717) is 11.8 Å². The van der Waals surface area contributed by atoms with Gasteiger partial charge in [-0.05, 0) is 50.9 Å². The Balaban J connectivity index is 1.64. The molecular formula is C18H25N5O2. The molecule has 134 valence electrons. The molecule has 0 saturated carbocycles. The highest BCUT2D eigenvalue weighted by Gasteiger charge is 2.25. The van der Waals surface area contributed by atoms with E-state index in [2.05, 4.69) is 21.0 Å².